The summed E-state index contributed by atoms with van der Waals surface area (Å²) in [7, 11) is 0. The normalized spacial score (nSPS) is 10.9. The fourth-order valence-electron chi connectivity index (χ4n) is 2.86. The highest BCUT2D eigenvalue weighted by atomic mass is 16.5. The fourth-order valence-corrected chi connectivity index (χ4v) is 2.86. The number of aryl methyl sites for hydroxylation is 1. The smallest absolute Gasteiger partial charge is 0.223 e. The summed E-state index contributed by atoms with van der Waals surface area (Å²) >= 11 is 0. The Labute approximate surface area is 144 Å². The molecule has 4 aromatic rings. The van der Waals surface area contributed by atoms with Crippen LogP contribution in [0.1, 0.15) is 11.3 Å². The van der Waals surface area contributed by atoms with E-state index < -0.39 is 0 Å². The first-order valence-corrected chi connectivity index (χ1v) is 8.05. The molecule has 1 N–H and O–H groups in total. The van der Waals surface area contributed by atoms with Crippen molar-refractivity contribution in [2.75, 3.05) is 0 Å². The maximum absolute atomic E-state index is 12.3. The second-order valence-corrected chi connectivity index (χ2v) is 5.86. The number of hydrogen-bond acceptors (Lipinski definition) is 3. The van der Waals surface area contributed by atoms with Gasteiger partial charge in [-0.25, -0.2) is 4.98 Å². The van der Waals surface area contributed by atoms with Gasteiger partial charge >= 0.3 is 0 Å². The van der Waals surface area contributed by atoms with Crippen molar-refractivity contribution in [3.63, 3.8) is 0 Å². The molecule has 5 heteroatoms. The molecule has 0 aliphatic rings. The summed E-state index contributed by atoms with van der Waals surface area (Å²) in [5.74, 6) is 0.321. The number of nitrogens with zero attached hydrogens (tertiary/aromatic N) is 2. The molecule has 4 rings (SSSR count). The highest BCUT2D eigenvalue weighted by Gasteiger charge is 2.10. The molecule has 0 bridgehead atoms. The Hall–Kier alpha value is -3.34. The van der Waals surface area contributed by atoms with E-state index in [0.717, 1.165) is 28.0 Å². The third kappa shape index (κ3) is 2.92. The second-order valence-electron chi connectivity index (χ2n) is 5.86. The van der Waals surface area contributed by atoms with Crippen molar-refractivity contribution >= 4 is 11.0 Å². The molecular formula is C20H17N3O2. The number of aromatic amines is 1. The van der Waals surface area contributed by atoms with E-state index in [1.165, 1.54) is 0 Å². The first kappa shape index (κ1) is 15.2. The molecule has 2 heterocycles. The molecular weight excluding hydrogens is 314 g/mol. The number of imidazole rings is 1. The van der Waals surface area contributed by atoms with E-state index in [2.05, 4.69) is 9.97 Å². The zero-order chi connectivity index (χ0) is 17.2. The topological polar surface area (TPSA) is 59.9 Å². The third-order valence-corrected chi connectivity index (χ3v) is 4.13. The number of nitrogens with one attached hydrogen (secondary N) is 1. The lowest BCUT2D eigenvalue weighted by Gasteiger charge is -2.14. The van der Waals surface area contributed by atoms with Gasteiger partial charge in [0.05, 0.1) is 23.7 Å². The van der Waals surface area contributed by atoms with Crippen LogP contribution in [0.2, 0.25) is 0 Å². The van der Waals surface area contributed by atoms with Gasteiger partial charge in [0.25, 0.3) is 0 Å². The SMILES string of the molecule is Cc1cc(=O)c(OCc2ccccc2)cn1-c1cccc2[nH]cnc12. The number of pyridine rings is 1. The Morgan fingerprint density at radius 2 is 1.96 bits per heavy atom. The summed E-state index contributed by atoms with van der Waals surface area (Å²) in [6, 6.07) is 17.3. The summed E-state index contributed by atoms with van der Waals surface area (Å²) in [6.45, 7) is 2.25. The van der Waals surface area contributed by atoms with Gasteiger partial charge in [0.1, 0.15) is 12.1 Å². The van der Waals surface area contributed by atoms with Crippen molar-refractivity contribution in [2.24, 2.45) is 0 Å². The van der Waals surface area contributed by atoms with Crippen LogP contribution in [-0.4, -0.2) is 14.5 Å². The molecule has 0 atom stereocenters. The monoisotopic (exact) mass is 331 g/mol. The zero-order valence-electron chi connectivity index (χ0n) is 13.8. The van der Waals surface area contributed by atoms with Crippen molar-refractivity contribution in [1.29, 1.82) is 0 Å². The molecule has 0 saturated carbocycles. The van der Waals surface area contributed by atoms with E-state index in [1.54, 1.807) is 18.6 Å². The highest BCUT2D eigenvalue weighted by Crippen LogP contribution is 2.21. The average Bonchev–Trinajstić information content (AvgIpc) is 3.11. The number of aromatic nitrogens is 3. The van der Waals surface area contributed by atoms with Crippen LogP contribution in [0.4, 0.5) is 0 Å². The fraction of sp³-hybridized carbons (Fsp3) is 0.100. The molecule has 0 amide bonds. The summed E-state index contributed by atoms with van der Waals surface area (Å²) in [5.41, 5.74) is 4.42. The van der Waals surface area contributed by atoms with Crippen molar-refractivity contribution in [3.05, 3.63) is 88.6 Å². The predicted molar refractivity (Wildman–Crippen MR) is 97.2 cm³/mol. The Balaban J connectivity index is 1.74. The van der Waals surface area contributed by atoms with Gasteiger partial charge in [0.15, 0.2) is 5.75 Å². The molecule has 0 unspecified atom stereocenters. The predicted octanol–water partition coefficient (Wildman–Crippen LogP) is 3.60. The number of H-pyrrole nitrogens is 1. The van der Waals surface area contributed by atoms with Gasteiger partial charge in [-0.2, -0.15) is 0 Å². The van der Waals surface area contributed by atoms with Crippen LogP contribution in [0.5, 0.6) is 5.75 Å². The summed E-state index contributed by atoms with van der Waals surface area (Å²) in [5, 5.41) is 0. The lowest BCUT2D eigenvalue weighted by atomic mass is 10.2. The van der Waals surface area contributed by atoms with Gasteiger partial charge in [0.2, 0.25) is 5.43 Å². The van der Waals surface area contributed by atoms with Gasteiger partial charge in [-0.05, 0) is 24.6 Å². The third-order valence-electron chi connectivity index (χ3n) is 4.13. The zero-order valence-corrected chi connectivity index (χ0v) is 13.8. The lowest BCUT2D eigenvalue weighted by Crippen LogP contribution is -2.13. The number of fused-ring (bicyclic) bond motifs is 1. The van der Waals surface area contributed by atoms with E-state index in [1.807, 2.05) is 60.0 Å². The van der Waals surface area contributed by atoms with Crippen LogP contribution in [0.3, 0.4) is 0 Å². The molecule has 5 nitrogen and oxygen atoms in total. The highest BCUT2D eigenvalue weighted by molar-refractivity contribution is 5.83. The van der Waals surface area contributed by atoms with E-state index in [0.29, 0.717) is 12.4 Å². The van der Waals surface area contributed by atoms with Gasteiger partial charge in [-0.15, -0.1) is 0 Å². The quantitative estimate of drug-likeness (QED) is 0.621. The van der Waals surface area contributed by atoms with Crippen LogP contribution in [-0.2, 0) is 6.61 Å². The number of ether oxygens (including phenoxy) is 1. The minimum Gasteiger partial charge on any atom is -0.483 e. The number of benzene rings is 2. The van der Waals surface area contributed by atoms with Crippen molar-refractivity contribution in [1.82, 2.24) is 14.5 Å². The Kier molecular flexibility index (Phi) is 3.82. The Morgan fingerprint density at radius 3 is 2.80 bits per heavy atom. The first-order valence-electron chi connectivity index (χ1n) is 8.05. The van der Waals surface area contributed by atoms with Gasteiger partial charge < -0.3 is 14.3 Å². The molecule has 25 heavy (non-hydrogen) atoms. The summed E-state index contributed by atoms with van der Waals surface area (Å²) in [6.07, 6.45) is 3.41. The molecule has 2 aromatic carbocycles. The molecule has 0 saturated heterocycles. The summed E-state index contributed by atoms with van der Waals surface area (Å²) < 4.78 is 7.71. The van der Waals surface area contributed by atoms with Gasteiger partial charge in [-0.1, -0.05) is 36.4 Å². The molecule has 124 valence electrons. The van der Waals surface area contributed by atoms with Crippen LogP contribution in [0.25, 0.3) is 16.7 Å². The van der Waals surface area contributed by atoms with Crippen LogP contribution in [0.15, 0.2) is 71.9 Å². The minimum atomic E-state index is -0.126. The molecule has 2 aromatic heterocycles. The Bertz CT molecular complexity index is 1080. The van der Waals surface area contributed by atoms with Gasteiger partial charge in [-0.3, -0.25) is 4.79 Å². The van der Waals surface area contributed by atoms with E-state index >= 15 is 0 Å². The van der Waals surface area contributed by atoms with Crippen LogP contribution < -0.4 is 10.2 Å². The lowest BCUT2D eigenvalue weighted by molar-refractivity contribution is 0.301. The standard InChI is InChI=1S/C20H17N3O2/c1-14-10-18(24)19(25-12-15-6-3-2-4-7-15)11-23(14)17-9-5-8-16-20(17)22-13-21-16/h2-11,13H,12H2,1H3,(H,21,22). The molecule has 0 aliphatic heterocycles. The molecule has 0 fully saturated rings. The molecule has 0 spiro atoms. The maximum atomic E-state index is 12.3. The first-order chi connectivity index (χ1) is 12.2. The average molecular weight is 331 g/mol. The maximum Gasteiger partial charge on any atom is 0.223 e. The van der Waals surface area contributed by atoms with E-state index in [9.17, 15) is 4.79 Å². The molecule has 0 aliphatic carbocycles. The van der Waals surface area contributed by atoms with Crippen molar-refractivity contribution in [2.45, 2.75) is 13.5 Å². The number of para-hydroxylation sites is 1. The van der Waals surface area contributed by atoms with Gasteiger partial charge in [0, 0.05) is 11.8 Å². The van der Waals surface area contributed by atoms with Crippen LogP contribution in [0, 0.1) is 6.92 Å². The van der Waals surface area contributed by atoms with Crippen LogP contribution >= 0.6 is 0 Å². The number of hydrogen-bond donors (Lipinski definition) is 1. The van der Waals surface area contributed by atoms with E-state index in [4.69, 9.17) is 4.74 Å². The molecule has 0 radical (unpaired) electrons. The summed E-state index contributed by atoms with van der Waals surface area (Å²) in [4.78, 5) is 19.8. The van der Waals surface area contributed by atoms with Crippen molar-refractivity contribution in [3.8, 4) is 11.4 Å². The van der Waals surface area contributed by atoms with Crippen molar-refractivity contribution < 1.29 is 4.74 Å². The largest absolute Gasteiger partial charge is 0.483 e. The Morgan fingerprint density at radius 1 is 1.12 bits per heavy atom. The second kappa shape index (κ2) is 6.28. The number of rotatable bonds is 4. The minimum absolute atomic E-state index is 0.126. The van der Waals surface area contributed by atoms with E-state index in [-0.39, 0.29) is 5.43 Å².